The van der Waals surface area contributed by atoms with Gasteiger partial charge in [-0.2, -0.15) is 0 Å². The van der Waals surface area contributed by atoms with E-state index in [0.717, 1.165) is 44.9 Å². The summed E-state index contributed by atoms with van der Waals surface area (Å²) in [5.41, 5.74) is 0. The summed E-state index contributed by atoms with van der Waals surface area (Å²) < 4.78 is 0. The van der Waals surface area contributed by atoms with Crippen molar-refractivity contribution in [2.75, 3.05) is 6.61 Å². The van der Waals surface area contributed by atoms with Crippen LogP contribution in [0, 0.1) is 0 Å². The summed E-state index contributed by atoms with van der Waals surface area (Å²) in [4.78, 5) is 12.6. The molecule has 0 bridgehead atoms. The smallest absolute Gasteiger partial charge is 0.249 e. The van der Waals surface area contributed by atoms with Gasteiger partial charge in [-0.3, -0.25) is 4.79 Å². The standard InChI is InChI=1S/C60H115NO5/c1-3-5-7-9-11-13-15-17-19-21-23-25-26-27-28-29-30-31-32-33-34-36-38-40-42-44-46-48-50-52-54-58(64)60(66)61-56(55-62)59(65)57(63)53-51-49-47-45-43-41-39-37-35-24-22-20-18-16-14-12-10-8-6-4-2/h23,25,27-28,45,47,56-59,62-65H,3-22,24,26,29-44,46,48-55H2,1-2H3,(H,61,66)/b25-23-,28-27-,47-45+. The summed E-state index contributed by atoms with van der Waals surface area (Å²) in [7, 11) is 0. The number of allylic oxidation sites excluding steroid dienone is 6. The van der Waals surface area contributed by atoms with Gasteiger partial charge < -0.3 is 25.7 Å². The molecule has 0 aliphatic rings. The van der Waals surface area contributed by atoms with Gasteiger partial charge in [0, 0.05) is 0 Å². The SMILES string of the molecule is CCCCCCCCCCC/C=C\C/C=C\CCCCCCCCCCCCCCCCC(O)C(=O)NC(CO)C(O)C(O)CCC/C=C/CCCCCCCCCCCCCCCCC. The van der Waals surface area contributed by atoms with Crippen LogP contribution in [0.4, 0.5) is 0 Å². The molecule has 0 saturated carbocycles. The molecule has 5 N–H and O–H groups in total. The van der Waals surface area contributed by atoms with E-state index in [0.29, 0.717) is 12.8 Å². The van der Waals surface area contributed by atoms with E-state index in [2.05, 4.69) is 55.6 Å². The Kier molecular flexibility index (Phi) is 53.3. The lowest BCUT2D eigenvalue weighted by Gasteiger charge is -2.27. The van der Waals surface area contributed by atoms with Gasteiger partial charge in [-0.05, 0) is 70.6 Å². The third kappa shape index (κ3) is 47.6. The van der Waals surface area contributed by atoms with Gasteiger partial charge >= 0.3 is 0 Å². The molecule has 390 valence electrons. The number of carbonyl (C=O) groups is 1. The fourth-order valence-corrected chi connectivity index (χ4v) is 9.20. The molecule has 0 heterocycles. The van der Waals surface area contributed by atoms with Crippen molar-refractivity contribution in [2.24, 2.45) is 0 Å². The Balaban J connectivity index is 3.63. The van der Waals surface area contributed by atoms with Crippen LogP contribution in [0.1, 0.15) is 309 Å². The number of hydrogen-bond acceptors (Lipinski definition) is 5. The summed E-state index contributed by atoms with van der Waals surface area (Å²) in [5, 5.41) is 44.0. The molecule has 0 spiro atoms. The highest BCUT2D eigenvalue weighted by atomic mass is 16.3. The monoisotopic (exact) mass is 930 g/mol. The van der Waals surface area contributed by atoms with Gasteiger partial charge in [0.25, 0.3) is 0 Å². The molecule has 0 saturated heterocycles. The van der Waals surface area contributed by atoms with Crippen LogP contribution < -0.4 is 5.32 Å². The van der Waals surface area contributed by atoms with Gasteiger partial charge in [0.2, 0.25) is 5.91 Å². The molecule has 0 aromatic carbocycles. The van der Waals surface area contributed by atoms with Crippen molar-refractivity contribution < 1.29 is 25.2 Å². The van der Waals surface area contributed by atoms with Crippen LogP contribution in [0.25, 0.3) is 0 Å². The van der Waals surface area contributed by atoms with Crippen molar-refractivity contribution in [2.45, 2.75) is 334 Å². The molecule has 0 aliphatic carbocycles. The van der Waals surface area contributed by atoms with E-state index in [-0.39, 0.29) is 0 Å². The maximum absolute atomic E-state index is 12.6. The van der Waals surface area contributed by atoms with E-state index < -0.39 is 36.9 Å². The highest BCUT2D eigenvalue weighted by molar-refractivity contribution is 5.80. The Morgan fingerprint density at radius 1 is 0.379 bits per heavy atom. The lowest BCUT2D eigenvalue weighted by atomic mass is 10.00. The van der Waals surface area contributed by atoms with Gasteiger partial charge in [-0.15, -0.1) is 0 Å². The summed E-state index contributed by atoms with van der Waals surface area (Å²) in [6, 6.07) is -1.00. The highest BCUT2D eigenvalue weighted by Gasteiger charge is 2.28. The first-order valence-electron chi connectivity index (χ1n) is 29.4. The third-order valence-corrected chi connectivity index (χ3v) is 13.8. The first kappa shape index (κ1) is 64.5. The summed E-state index contributed by atoms with van der Waals surface area (Å²) in [5.74, 6) is -0.590. The molecule has 0 rings (SSSR count). The zero-order chi connectivity index (χ0) is 48.1. The van der Waals surface area contributed by atoms with Gasteiger partial charge in [0.05, 0.1) is 18.8 Å². The molecule has 66 heavy (non-hydrogen) atoms. The maximum Gasteiger partial charge on any atom is 0.249 e. The predicted molar refractivity (Wildman–Crippen MR) is 288 cm³/mol. The van der Waals surface area contributed by atoms with Crippen molar-refractivity contribution in [3.63, 3.8) is 0 Å². The number of amides is 1. The first-order valence-corrected chi connectivity index (χ1v) is 29.4. The molecule has 4 unspecified atom stereocenters. The minimum absolute atomic E-state index is 0.363. The van der Waals surface area contributed by atoms with E-state index in [4.69, 9.17) is 0 Å². The number of nitrogens with one attached hydrogen (secondary N) is 1. The van der Waals surface area contributed by atoms with E-state index in [1.807, 2.05) is 0 Å². The number of carbonyl (C=O) groups excluding carboxylic acids is 1. The van der Waals surface area contributed by atoms with Gasteiger partial charge in [0.15, 0.2) is 0 Å². The Hall–Kier alpha value is -1.47. The van der Waals surface area contributed by atoms with Crippen LogP contribution in [0.2, 0.25) is 0 Å². The third-order valence-electron chi connectivity index (χ3n) is 13.8. The zero-order valence-electron chi connectivity index (χ0n) is 44.2. The largest absolute Gasteiger partial charge is 0.394 e. The normalized spacial score (nSPS) is 14.0. The lowest BCUT2D eigenvalue weighted by Crippen LogP contribution is -2.53. The molecule has 0 fully saturated rings. The quantitative estimate of drug-likeness (QED) is 0.0308. The van der Waals surface area contributed by atoms with E-state index in [1.54, 1.807) is 0 Å². The molecule has 6 heteroatoms. The molecule has 0 aromatic rings. The topological polar surface area (TPSA) is 110 Å². The second kappa shape index (κ2) is 54.5. The Morgan fingerprint density at radius 3 is 1.00 bits per heavy atom. The van der Waals surface area contributed by atoms with Gasteiger partial charge in [0.1, 0.15) is 12.2 Å². The van der Waals surface area contributed by atoms with Crippen LogP contribution in [-0.2, 0) is 4.79 Å². The molecule has 4 atom stereocenters. The highest BCUT2D eigenvalue weighted by Crippen LogP contribution is 2.17. The van der Waals surface area contributed by atoms with E-state index >= 15 is 0 Å². The van der Waals surface area contributed by atoms with Crippen LogP contribution in [0.5, 0.6) is 0 Å². The fourth-order valence-electron chi connectivity index (χ4n) is 9.20. The lowest BCUT2D eigenvalue weighted by molar-refractivity contribution is -0.132. The van der Waals surface area contributed by atoms with Crippen LogP contribution in [-0.4, -0.2) is 57.3 Å². The van der Waals surface area contributed by atoms with Crippen molar-refractivity contribution in [1.82, 2.24) is 5.32 Å². The zero-order valence-corrected chi connectivity index (χ0v) is 44.2. The molecule has 0 radical (unpaired) electrons. The number of unbranched alkanes of at least 4 members (excludes halogenated alkanes) is 39. The van der Waals surface area contributed by atoms with E-state index in [9.17, 15) is 25.2 Å². The van der Waals surface area contributed by atoms with Crippen molar-refractivity contribution >= 4 is 5.91 Å². The average molecular weight is 931 g/mol. The Morgan fingerprint density at radius 2 is 0.667 bits per heavy atom. The second-order valence-electron chi connectivity index (χ2n) is 20.3. The molecule has 6 nitrogen and oxygen atoms in total. The molecule has 0 aliphatic heterocycles. The summed E-state index contributed by atoms with van der Waals surface area (Å²) >= 11 is 0. The molecular formula is C60H115NO5. The summed E-state index contributed by atoms with van der Waals surface area (Å²) in [6.45, 7) is 4.07. The van der Waals surface area contributed by atoms with Crippen LogP contribution in [0.15, 0.2) is 36.5 Å². The second-order valence-corrected chi connectivity index (χ2v) is 20.3. The maximum atomic E-state index is 12.6. The molecule has 0 aromatic heterocycles. The number of rotatable bonds is 54. The molecular weight excluding hydrogens is 815 g/mol. The minimum Gasteiger partial charge on any atom is -0.394 e. The minimum atomic E-state index is -1.28. The fraction of sp³-hybridized carbons (Fsp3) is 0.883. The predicted octanol–water partition coefficient (Wildman–Crippen LogP) is 17.2. The average Bonchev–Trinajstić information content (AvgIpc) is 3.32. The van der Waals surface area contributed by atoms with Crippen molar-refractivity contribution in [3.05, 3.63) is 36.5 Å². The number of aliphatic hydroxyl groups excluding tert-OH is 4. The first-order chi connectivity index (χ1) is 32.5. The van der Waals surface area contributed by atoms with Crippen molar-refractivity contribution in [3.8, 4) is 0 Å². The van der Waals surface area contributed by atoms with Gasteiger partial charge in [-0.25, -0.2) is 0 Å². The van der Waals surface area contributed by atoms with Crippen molar-refractivity contribution in [1.29, 1.82) is 0 Å². The van der Waals surface area contributed by atoms with Gasteiger partial charge in [-0.1, -0.05) is 275 Å². The van der Waals surface area contributed by atoms with Crippen LogP contribution in [0.3, 0.4) is 0 Å². The molecule has 1 amide bonds. The number of hydrogen-bond donors (Lipinski definition) is 5. The number of aliphatic hydroxyl groups is 4. The van der Waals surface area contributed by atoms with Crippen LogP contribution >= 0.6 is 0 Å². The Bertz CT molecular complexity index is 1040. The summed E-state index contributed by atoms with van der Waals surface area (Å²) in [6.07, 6.45) is 67.9. The Labute approximate surface area is 411 Å². The van der Waals surface area contributed by atoms with E-state index in [1.165, 1.54) is 238 Å².